The highest BCUT2D eigenvalue weighted by atomic mass is 14.1. The number of allylic oxidation sites excluding steroid dienone is 2. The summed E-state index contributed by atoms with van der Waals surface area (Å²) in [5.74, 6) is 0.809. The Labute approximate surface area is 84.2 Å². The maximum atomic E-state index is 6.04. The van der Waals surface area contributed by atoms with Crippen molar-refractivity contribution in [2.45, 2.75) is 58.8 Å². The zero-order chi connectivity index (χ0) is 9.68. The molecule has 0 saturated heterocycles. The predicted molar refractivity (Wildman–Crippen MR) is 59.9 cm³/mol. The molecule has 0 aliphatic heterocycles. The Hall–Kier alpha value is -0.195. The van der Waals surface area contributed by atoms with E-state index < -0.39 is 0 Å². The average molecular weight is 176 g/mol. The van der Waals surface area contributed by atoms with Gasteiger partial charge in [-0.2, -0.15) is 0 Å². The second-order valence-electron chi connectivity index (χ2n) is 4.62. The van der Waals surface area contributed by atoms with E-state index in [0.717, 1.165) is 12.3 Å². The van der Waals surface area contributed by atoms with Crippen LogP contribution in [0.4, 0.5) is 0 Å². The van der Waals surface area contributed by atoms with Gasteiger partial charge in [-0.1, -0.05) is 32.3 Å². The second kappa shape index (κ2) is 5.52. The largest absolute Gasteiger partial charge is 0.118 e. The molecule has 0 amide bonds. The third kappa shape index (κ3) is 4.02. The summed E-state index contributed by atoms with van der Waals surface area (Å²) >= 11 is 0. The van der Waals surface area contributed by atoms with Crippen LogP contribution in [0.25, 0.3) is 0 Å². The Balaban J connectivity index is 2.43. The van der Waals surface area contributed by atoms with Gasteiger partial charge in [0.1, 0.15) is 7.85 Å². The molecule has 0 spiro atoms. The lowest BCUT2D eigenvalue weighted by atomic mass is 9.84. The molecular formula is C12H21B. The highest BCUT2D eigenvalue weighted by Crippen LogP contribution is 2.26. The molecule has 0 heterocycles. The van der Waals surface area contributed by atoms with Gasteiger partial charge in [-0.05, 0) is 38.0 Å². The fourth-order valence-electron chi connectivity index (χ4n) is 1.92. The van der Waals surface area contributed by atoms with Crippen LogP contribution < -0.4 is 0 Å². The van der Waals surface area contributed by atoms with Crippen LogP contribution in [-0.4, -0.2) is 7.85 Å². The molecule has 0 aromatic rings. The average Bonchev–Trinajstić information content (AvgIpc) is 2.27. The van der Waals surface area contributed by atoms with Crippen molar-refractivity contribution in [2.75, 3.05) is 0 Å². The molecule has 1 aliphatic rings. The molecule has 72 valence electrons. The Morgan fingerprint density at radius 3 is 2.54 bits per heavy atom. The van der Waals surface area contributed by atoms with E-state index in [1.807, 2.05) is 0 Å². The first-order valence-corrected chi connectivity index (χ1v) is 5.66. The summed E-state index contributed by atoms with van der Waals surface area (Å²) in [6.07, 6.45) is 8.97. The fraction of sp³-hybridized carbons (Fsp3) is 0.833. The zero-order valence-electron chi connectivity index (χ0n) is 9.10. The summed E-state index contributed by atoms with van der Waals surface area (Å²) in [4.78, 5) is 0. The minimum atomic E-state index is 0.809. The van der Waals surface area contributed by atoms with Gasteiger partial charge in [0.15, 0.2) is 0 Å². The van der Waals surface area contributed by atoms with Gasteiger partial charge in [-0.15, -0.1) is 5.47 Å². The monoisotopic (exact) mass is 176 g/mol. The molecule has 1 aliphatic carbocycles. The van der Waals surface area contributed by atoms with Gasteiger partial charge in [0.2, 0.25) is 0 Å². The van der Waals surface area contributed by atoms with E-state index in [-0.39, 0.29) is 0 Å². The van der Waals surface area contributed by atoms with Crippen LogP contribution >= 0.6 is 0 Å². The van der Waals surface area contributed by atoms with Gasteiger partial charge < -0.3 is 0 Å². The van der Waals surface area contributed by atoms with E-state index in [1.54, 1.807) is 5.57 Å². The van der Waals surface area contributed by atoms with Gasteiger partial charge in [0.05, 0.1) is 0 Å². The van der Waals surface area contributed by atoms with E-state index in [1.165, 1.54) is 44.0 Å². The zero-order valence-corrected chi connectivity index (χ0v) is 9.10. The smallest absolute Gasteiger partial charge is 0.107 e. The van der Waals surface area contributed by atoms with Crippen molar-refractivity contribution in [3.8, 4) is 0 Å². The Bertz CT molecular complexity index is 180. The Morgan fingerprint density at radius 1 is 1.15 bits per heavy atom. The van der Waals surface area contributed by atoms with Crippen molar-refractivity contribution < 1.29 is 0 Å². The minimum absolute atomic E-state index is 0.809. The highest BCUT2D eigenvalue weighted by molar-refractivity contribution is 6.22. The van der Waals surface area contributed by atoms with Crippen LogP contribution in [0.3, 0.4) is 0 Å². The standard InChI is InChI=1S/C12H21B/c1-10(2)8-9-11-6-4-3-5-7-12(11)13/h10H,3-9H2,1-2H3. The SMILES string of the molecule is [B]C1=C(CCC(C)C)CCCCC1. The van der Waals surface area contributed by atoms with Crippen molar-refractivity contribution in [1.82, 2.24) is 0 Å². The normalized spacial score (nSPS) is 19.3. The molecule has 2 radical (unpaired) electrons. The first kappa shape index (κ1) is 10.9. The molecule has 1 heteroatoms. The first-order valence-electron chi connectivity index (χ1n) is 5.66. The van der Waals surface area contributed by atoms with Crippen LogP contribution in [0, 0.1) is 5.92 Å². The summed E-state index contributed by atoms with van der Waals surface area (Å²) in [6, 6.07) is 0. The number of hydrogen-bond donors (Lipinski definition) is 0. The third-order valence-electron chi connectivity index (χ3n) is 2.90. The van der Waals surface area contributed by atoms with Crippen molar-refractivity contribution in [1.29, 1.82) is 0 Å². The molecule has 0 aromatic heterocycles. The molecule has 0 nitrogen and oxygen atoms in total. The molecule has 13 heavy (non-hydrogen) atoms. The van der Waals surface area contributed by atoms with Crippen molar-refractivity contribution >= 4 is 7.85 Å². The predicted octanol–water partition coefficient (Wildman–Crippen LogP) is 3.81. The molecule has 0 N–H and O–H groups in total. The van der Waals surface area contributed by atoms with E-state index >= 15 is 0 Å². The van der Waals surface area contributed by atoms with E-state index in [2.05, 4.69) is 13.8 Å². The summed E-state index contributed by atoms with van der Waals surface area (Å²) in [7, 11) is 6.04. The maximum absolute atomic E-state index is 6.04. The van der Waals surface area contributed by atoms with Gasteiger partial charge in [0, 0.05) is 0 Å². The summed E-state index contributed by atoms with van der Waals surface area (Å²) in [5, 5.41) is 0. The maximum Gasteiger partial charge on any atom is 0.107 e. The molecule has 0 saturated carbocycles. The van der Waals surface area contributed by atoms with Crippen LogP contribution in [0.1, 0.15) is 58.8 Å². The Kier molecular flexibility index (Phi) is 4.62. The molecule has 0 bridgehead atoms. The van der Waals surface area contributed by atoms with Gasteiger partial charge in [-0.3, -0.25) is 0 Å². The van der Waals surface area contributed by atoms with Crippen LogP contribution in [0.5, 0.6) is 0 Å². The third-order valence-corrected chi connectivity index (χ3v) is 2.90. The molecular weight excluding hydrogens is 155 g/mol. The van der Waals surface area contributed by atoms with Gasteiger partial charge in [-0.25, -0.2) is 0 Å². The van der Waals surface area contributed by atoms with Gasteiger partial charge in [0.25, 0.3) is 0 Å². The molecule has 1 rings (SSSR count). The van der Waals surface area contributed by atoms with Crippen LogP contribution in [0.15, 0.2) is 11.0 Å². The molecule has 0 atom stereocenters. The highest BCUT2D eigenvalue weighted by Gasteiger charge is 2.07. The summed E-state index contributed by atoms with van der Waals surface area (Å²) in [6.45, 7) is 4.57. The van der Waals surface area contributed by atoms with E-state index in [9.17, 15) is 0 Å². The molecule has 0 aromatic carbocycles. The lowest BCUT2D eigenvalue weighted by Gasteiger charge is -2.11. The minimum Gasteiger partial charge on any atom is -0.118 e. The topological polar surface area (TPSA) is 0 Å². The van der Waals surface area contributed by atoms with E-state index in [4.69, 9.17) is 7.85 Å². The molecule has 0 unspecified atom stereocenters. The second-order valence-corrected chi connectivity index (χ2v) is 4.62. The lowest BCUT2D eigenvalue weighted by molar-refractivity contribution is 0.573. The summed E-state index contributed by atoms with van der Waals surface area (Å²) < 4.78 is 0. The molecule has 0 fully saturated rings. The van der Waals surface area contributed by atoms with E-state index in [0.29, 0.717) is 0 Å². The fourth-order valence-corrected chi connectivity index (χ4v) is 1.92. The summed E-state index contributed by atoms with van der Waals surface area (Å²) in [5.41, 5.74) is 2.77. The van der Waals surface area contributed by atoms with Crippen molar-refractivity contribution in [3.05, 3.63) is 11.0 Å². The van der Waals surface area contributed by atoms with Crippen molar-refractivity contribution in [3.63, 3.8) is 0 Å². The number of hydrogen-bond acceptors (Lipinski definition) is 0. The number of rotatable bonds is 3. The van der Waals surface area contributed by atoms with Gasteiger partial charge >= 0.3 is 0 Å². The quantitative estimate of drug-likeness (QED) is 0.573. The lowest BCUT2D eigenvalue weighted by Crippen LogP contribution is -1.94. The van der Waals surface area contributed by atoms with Crippen LogP contribution in [-0.2, 0) is 0 Å². The van der Waals surface area contributed by atoms with Crippen molar-refractivity contribution in [2.24, 2.45) is 5.92 Å². The Morgan fingerprint density at radius 2 is 1.85 bits per heavy atom. The van der Waals surface area contributed by atoms with Crippen LogP contribution in [0.2, 0.25) is 0 Å². The first-order chi connectivity index (χ1) is 6.20.